The Labute approximate surface area is 443 Å². The lowest BCUT2D eigenvalue weighted by Gasteiger charge is -2.24. The summed E-state index contributed by atoms with van der Waals surface area (Å²) in [6.45, 7) is 13.8. The lowest BCUT2D eigenvalue weighted by Crippen LogP contribution is -2.43. The molecule has 18 nitrogen and oxygen atoms in total. The number of carbonyl (C=O) groups excluding carboxylic acids is 7. The van der Waals surface area contributed by atoms with Crippen LogP contribution in [0.25, 0.3) is 0 Å². The van der Waals surface area contributed by atoms with Gasteiger partial charge in [-0.1, -0.05) is 54.9 Å². The Hall–Kier alpha value is -6.60. The minimum Gasteiger partial charge on any atom is -0.476 e. The minimum absolute atomic E-state index is 0. The van der Waals surface area contributed by atoms with E-state index in [-0.39, 0.29) is 31.6 Å². The van der Waals surface area contributed by atoms with Crippen molar-refractivity contribution in [1.82, 2.24) is 16.0 Å². The van der Waals surface area contributed by atoms with Gasteiger partial charge >= 0.3 is 30.0 Å². The number of nitrogens with one attached hydrogen (secondary N) is 3. The number of rotatable bonds is 21. The van der Waals surface area contributed by atoms with Crippen LogP contribution in [0.5, 0.6) is 11.5 Å². The van der Waals surface area contributed by atoms with E-state index < -0.39 is 72.4 Å². The fourth-order valence-electron chi connectivity index (χ4n) is 5.60. The van der Waals surface area contributed by atoms with Crippen molar-refractivity contribution in [2.75, 3.05) is 26.7 Å². The van der Waals surface area contributed by atoms with Gasteiger partial charge in [-0.3, -0.25) is 14.4 Å². The number of benzene rings is 4. The quantitative estimate of drug-likeness (QED) is 0.0348. The second-order valence-corrected chi connectivity index (χ2v) is 18.6. The Balaban J connectivity index is 0.000000723. The van der Waals surface area contributed by atoms with Gasteiger partial charge in [-0.2, -0.15) is 0 Å². The summed E-state index contributed by atoms with van der Waals surface area (Å²) in [4.78, 5) is 84.1. The average molecular weight is 1080 g/mol. The maximum atomic E-state index is 12.5. The lowest BCUT2D eigenvalue weighted by molar-refractivity contribution is -0.179. The van der Waals surface area contributed by atoms with Crippen LogP contribution in [0, 0.1) is 0 Å². The van der Waals surface area contributed by atoms with E-state index >= 15 is 0 Å². The molecule has 4 rings (SSSR count). The molecule has 0 saturated carbocycles. The molecule has 2 atom stereocenters. The van der Waals surface area contributed by atoms with E-state index in [4.69, 9.17) is 62.1 Å². The molecule has 4 aromatic carbocycles. The summed E-state index contributed by atoms with van der Waals surface area (Å²) in [5.41, 5.74) is 4.99. The molecule has 0 saturated heterocycles. The Morgan fingerprint density at radius 2 is 0.904 bits per heavy atom. The second-order valence-electron chi connectivity index (χ2n) is 17.7. The SMILES string of the molecule is C.C[C@H](N)C(=O)OCOC(=O)C(C)(C)Oc1ccc(CCNC(=O)c2ccc(Cl)cc2)cc1.C[C@H](NC(=O)OC(C)(C)C)C(=O)OCOC(=O)C(C)(C)Oc1ccc(CCNC(=O)c2ccc(Cl)cc2)cc1.Cl. The molecule has 0 bridgehead atoms. The first-order valence-electron chi connectivity index (χ1n) is 22.3. The van der Waals surface area contributed by atoms with Crippen molar-refractivity contribution < 1.29 is 66.7 Å². The predicted octanol–water partition coefficient (Wildman–Crippen LogP) is 8.35. The van der Waals surface area contributed by atoms with Crippen molar-refractivity contribution in [2.24, 2.45) is 5.73 Å². The molecule has 0 spiro atoms. The zero-order valence-corrected chi connectivity index (χ0v) is 43.9. The maximum Gasteiger partial charge on any atom is 0.408 e. The first kappa shape index (κ1) is 64.4. The van der Waals surface area contributed by atoms with Crippen molar-refractivity contribution >= 4 is 77.4 Å². The average Bonchev–Trinajstić information content (AvgIpc) is 3.29. The fraction of sp³-hybridized carbons (Fsp3) is 0.404. The van der Waals surface area contributed by atoms with Crippen molar-refractivity contribution in [3.8, 4) is 11.5 Å². The Morgan fingerprint density at radius 1 is 0.548 bits per heavy atom. The molecule has 73 heavy (non-hydrogen) atoms. The highest BCUT2D eigenvalue weighted by atomic mass is 35.5. The van der Waals surface area contributed by atoms with Gasteiger partial charge in [0.2, 0.25) is 13.6 Å². The number of esters is 4. The van der Waals surface area contributed by atoms with Gasteiger partial charge in [0.25, 0.3) is 11.8 Å². The fourth-order valence-corrected chi connectivity index (χ4v) is 5.85. The molecule has 0 aromatic heterocycles. The van der Waals surface area contributed by atoms with Crippen LogP contribution in [-0.4, -0.2) is 97.3 Å². The normalized spacial score (nSPS) is 11.7. The van der Waals surface area contributed by atoms with Crippen LogP contribution in [0.1, 0.15) is 102 Å². The van der Waals surface area contributed by atoms with Gasteiger partial charge in [-0.05, 0) is 159 Å². The van der Waals surface area contributed by atoms with Gasteiger partial charge in [0.1, 0.15) is 29.2 Å². The number of alkyl carbamates (subject to hydrolysis) is 1. The monoisotopic (exact) mass is 1080 g/mol. The topological polar surface area (TPSA) is 246 Å². The van der Waals surface area contributed by atoms with Gasteiger partial charge < -0.3 is 54.8 Å². The first-order valence-corrected chi connectivity index (χ1v) is 23.1. The van der Waals surface area contributed by atoms with E-state index in [2.05, 4.69) is 16.0 Å². The second kappa shape index (κ2) is 30.4. The molecule has 0 aliphatic heterocycles. The number of amides is 3. The van der Waals surface area contributed by atoms with Gasteiger partial charge in [0.05, 0.1) is 0 Å². The van der Waals surface area contributed by atoms with E-state index in [1.165, 1.54) is 27.7 Å². The molecule has 0 heterocycles. The number of carbonyl (C=O) groups is 7. The van der Waals surface area contributed by atoms with Crippen molar-refractivity contribution in [2.45, 2.75) is 111 Å². The van der Waals surface area contributed by atoms with E-state index in [1.807, 2.05) is 24.3 Å². The molecule has 400 valence electrons. The highest BCUT2D eigenvalue weighted by Gasteiger charge is 2.34. The van der Waals surface area contributed by atoms with Crippen molar-refractivity contribution in [3.63, 3.8) is 0 Å². The van der Waals surface area contributed by atoms with Gasteiger partial charge in [0.15, 0.2) is 11.2 Å². The van der Waals surface area contributed by atoms with Crippen LogP contribution in [0.2, 0.25) is 10.0 Å². The third kappa shape index (κ3) is 24.1. The summed E-state index contributed by atoms with van der Waals surface area (Å²) in [5, 5.41) is 9.18. The van der Waals surface area contributed by atoms with Crippen LogP contribution in [0.15, 0.2) is 97.1 Å². The van der Waals surface area contributed by atoms with Crippen molar-refractivity contribution in [1.29, 1.82) is 0 Å². The van der Waals surface area contributed by atoms with Crippen LogP contribution in [0.4, 0.5) is 4.79 Å². The standard InChI is InChI=1S/C28H35ClN2O8.C23H27ClN2O6.CH4.ClH/c1-18(31-26(35)39-27(2,3)4)24(33)36-17-37-25(34)28(5,6)38-22-13-7-19(8-14-22)15-16-30-23(32)20-9-11-21(29)12-10-20;1-15(25)21(28)30-14-31-22(29)23(2,3)32-19-10-4-16(5-11-19)12-13-26-20(27)17-6-8-18(24)9-7-17;;/h7-14,18H,15-17H2,1-6H3,(H,30,32)(H,31,35);4-11,15H,12-14,25H2,1-3H3,(H,26,27);1H4;1H/t18-;15-;;/m00../s1. The summed E-state index contributed by atoms with van der Waals surface area (Å²) in [5.74, 6) is -2.38. The third-order valence-corrected chi connectivity index (χ3v) is 9.93. The van der Waals surface area contributed by atoms with E-state index in [0.717, 1.165) is 11.1 Å². The third-order valence-electron chi connectivity index (χ3n) is 9.43. The Morgan fingerprint density at radius 3 is 1.25 bits per heavy atom. The predicted molar refractivity (Wildman–Crippen MR) is 278 cm³/mol. The molecule has 4 aromatic rings. The molecular weight excluding hydrogens is 1010 g/mol. The number of nitrogens with two attached hydrogens (primary N) is 1. The minimum atomic E-state index is -1.37. The summed E-state index contributed by atoms with van der Waals surface area (Å²) in [6.07, 6.45) is 0.445. The highest BCUT2D eigenvalue weighted by molar-refractivity contribution is 6.31. The molecule has 21 heteroatoms. The molecule has 5 N–H and O–H groups in total. The lowest BCUT2D eigenvalue weighted by atomic mass is 10.1. The maximum absolute atomic E-state index is 12.5. The largest absolute Gasteiger partial charge is 0.476 e. The molecular formula is C52H67Cl3N4O14. The summed E-state index contributed by atoms with van der Waals surface area (Å²) < 4.78 is 36.2. The number of hydrogen-bond acceptors (Lipinski definition) is 15. The van der Waals surface area contributed by atoms with E-state index in [0.29, 0.717) is 58.6 Å². The number of halogens is 3. The van der Waals surface area contributed by atoms with Gasteiger partial charge in [0, 0.05) is 34.3 Å². The molecule has 0 unspecified atom stereocenters. The Bertz CT molecular complexity index is 2410. The number of hydrogen-bond donors (Lipinski definition) is 4. The van der Waals surface area contributed by atoms with Crippen LogP contribution < -0.4 is 31.2 Å². The molecule has 0 fully saturated rings. The molecule has 0 aliphatic carbocycles. The number of ether oxygens (including phenoxy) is 7. The van der Waals surface area contributed by atoms with Crippen LogP contribution >= 0.6 is 35.6 Å². The summed E-state index contributed by atoms with van der Waals surface area (Å²) in [6, 6.07) is 25.7. The molecule has 0 radical (unpaired) electrons. The zero-order valence-electron chi connectivity index (χ0n) is 41.6. The summed E-state index contributed by atoms with van der Waals surface area (Å²) >= 11 is 11.7. The first-order chi connectivity index (χ1) is 33.2. The smallest absolute Gasteiger partial charge is 0.408 e. The molecule has 3 amide bonds. The molecule has 0 aliphatic rings. The Kier molecular flexibility index (Phi) is 26.9. The zero-order chi connectivity index (χ0) is 52.9. The van der Waals surface area contributed by atoms with Gasteiger partial charge in [-0.25, -0.2) is 19.2 Å². The van der Waals surface area contributed by atoms with Crippen molar-refractivity contribution in [3.05, 3.63) is 129 Å². The van der Waals surface area contributed by atoms with E-state index in [9.17, 15) is 33.6 Å². The van der Waals surface area contributed by atoms with E-state index in [1.54, 1.807) is 107 Å². The van der Waals surface area contributed by atoms with Gasteiger partial charge in [-0.15, -0.1) is 12.4 Å². The van der Waals surface area contributed by atoms with Crippen LogP contribution in [0.3, 0.4) is 0 Å². The van der Waals surface area contributed by atoms with Crippen LogP contribution in [-0.2, 0) is 55.7 Å². The highest BCUT2D eigenvalue weighted by Crippen LogP contribution is 2.22. The summed E-state index contributed by atoms with van der Waals surface area (Å²) in [7, 11) is 0.